The fraction of sp³-hybridized carbons (Fsp3) is 0.667. The molecule has 5 atom stereocenters. The number of hydrogen-bond acceptors (Lipinski definition) is 9. The molecule has 1 aliphatic rings. The van der Waals surface area contributed by atoms with Gasteiger partial charge in [0, 0.05) is 17.0 Å². The Morgan fingerprint density at radius 2 is 2.30 bits per heavy atom. The van der Waals surface area contributed by atoms with Gasteiger partial charge < -0.3 is 26.0 Å². The van der Waals surface area contributed by atoms with E-state index in [2.05, 4.69) is 15.0 Å². The van der Waals surface area contributed by atoms with Crippen LogP contribution in [0.15, 0.2) is 22.2 Å². The second-order valence-electron chi connectivity index (χ2n) is 6.77. The molecule has 0 radical (unpaired) electrons. The van der Waals surface area contributed by atoms with Gasteiger partial charge in [-0.25, -0.2) is 4.79 Å². The minimum atomic E-state index is -1.91. The van der Waals surface area contributed by atoms with E-state index in [9.17, 15) is 14.7 Å². The first kappa shape index (κ1) is 20.6. The third-order valence-corrected chi connectivity index (χ3v) is 4.49. The number of aliphatic hydroxyl groups is 1. The van der Waals surface area contributed by atoms with Crippen molar-refractivity contribution in [2.24, 2.45) is 22.7 Å². The molecule has 0 aromatic carbocycles. The van der Waals surface area contributed by atoms with Gasteiger partial charge in [-0.2, -0.15) is 4.98 Å². The van der Waals surface area contributed by atoms with Gasteiger partial charge in [0.1, 0.15) is 24.7 Å². The summed E-state index contributed by atoms with van der Waals surface area (Å²) in [5.41, 5.74) is 17.5. The number of nitrogens with two attached hydrogens (primary N) is 2. The fourth-order valence-corrected chi connectivity index (χ4v) is 2.73. The molecular weight excluding hydrogens is 358 g/mol. The third kappa shape index (κ3) is 4.03. The highest BCUT2D eigenvalue weighted by Crippen LogP contribution is 2.42. The number of carbonyl (C=O) groups excluding carboxylic acids is 1. The molecule has 12 nitrogen and oxygen atoms in total. The molecule has 1 unspecified atom stereocenters. The van der Waals surface area contributed by atoms with Crippen LogP contribution < -0.4 is 17.2 Å². The number of nitrogen functional groups attached to an aromatic ring is 1. The Balaban J connectivity index is 2.30. The number of anilines is 1. The van der Waals surface area contributed by atoms with Crippen LogP contribution in [0.4, 0.5) is 5.82 Å². The summed E-state index contributed by atoms with van der Waals surface area (Å²) in [4.78, 5) is 30.4. The number of aromatic nitrogens is 2. The molecule has 27 heavy (non-hydrogen) atoms. The van der Waals surface area contributed by atoms with Gasteiger partial charge in [-0.3, -0.25) is 9.36 Å². The minimum absolute atomic E-state index is 0.0281. The lowest BCUT2D eigenvalue weighted by Crippen LogP contribution is -2.46. The van der Waals surface area contributed by atoms with E-state index in [0.29, 0.717) is 0 Å². The molecule has 1 aromatic heterocycles. The van der Waals surface area contributed by atoms with Crippen LogP contribution in [0, 0.1) is 11.8 Å². The summed E-state index contributed by atoms with van der Waals surface area (Å²) in [5.74, 6) is -1.55. The Hall–Kier alpha value is -2.66. The molecule has 1 aliphatic heterocycles. The maximum atomic E-state index is 12.1. The third-order valence-electron chi connectivity index (χ3n) is 4.49. The topological polar surface area (TPSA) is 191 Å². The number of hydrogen-bond donors (Lipinski definition) is 3. The van der Waals surface area contributed by atoms with E-state index >= 15 is 0 Å². The molecule has 0 spiro atoms. The van der Waals surface area contributed by atoms with Gasteiger partial charge in [0.15, 0.2) is 0 Å². The van der Waals surface area contributed by atoms with Crippen molar-refractivity contribution in [1.29, 1.82) is 0 Å². The number of esters is 1. The van der Waals surface area contributed by atoms with E-state index in [-0.39, 0.29) is 11.7 Å². The van der Waals surface area contributed by atoms with Crippen molar-refractivity contribution >= 4 is 11.8 Å². The molecule has 12 heteroatoms. The van der Waals surface area contributed by atoms with Crippen LogP contribution in [0.3, 0.4) is 0 Å². The predicted molar refractivity (Wildman–Crippen MR) is 93.9 cm³/mol. The van der Waals surface area contributed by atoms with Crippen LogP contribution in [0.1, 0.15) is 27.0 Å². The summed E-state index contributed by atoms with van der Waals surface area (Å²) < 4.78 is 11.9. The van der Waals surface area contributed by atoms with Gasteiger partial charge in [0.05, 0.1) is 6.10 Å². The van der Waals surface area contributed by atoms with Crippen LogP contribution >= 0.6 is 0 Å². The van der Waals surface area contributed by atoms with Crippen LogP contribution in [-0.2, 0) is 14.3 Å². The number of rotatable bonds is 6. The molecule has 1 fully saturated rings. The van der Waals surface area contributed by atoms with Gasteiger partial charge in [0.25, 0.3) is 0 Å². The molecule has 0 bridgehead atoms. The van der Waals surface area contributed by atoms with Crippen LogP contribution in [0.2, 0.25) is 0 Å². The van der Waals surface area contributed by atoms with Gasteiger partial charge in [-0.05, 0) is 17.5 Å². The van der Waals surface area contributed by atoms with Crippen molar-refractivity contribution in [3.05, 3.63) is 33.2 Å². The smallest absolute Gasteiger partial charge is 0.351 e. The maximum Gasteiger partial charge on any atom is 0.351 e. The highest BCUT2D eigenvalue weighted by atomic mass is 16.6. The van der Waals surface area contributed by atoms with Crippen molar-refractivity contribution in [2.75, 3.05) is 12.3 Å². The maximum absolute atomic E-state index is 12.1. The minimum Gasteiger partial charge on any atom is -0.461 e. The molecule has 0 amide bonds. The zero-order chi connectivity index (χ0) is 20.4. The Morgan fingerprint density at radius 1 is 1.63 bits per heavy atom. The highest BCUT2D eigenvalue weighted by Gasteiger charge is 2.54. The average molecular weight is 381 g/mol. The van der Waals surface area contributed by atoms with E-state index in [1.54, 1.807) is 20.8 Å². The quantitative estimate of drug-likeness (QED) is 0.263. The summed E-state index contributed by atoms with van der Waals surface area (Å²) >= 11 is 0. The van der Waals surface area contributed by atoms with E-state index in [1.807, 2.05) is 0 Å². The molecule has 148 valence electrons. The van der Waals surface area contributed by atoms with Crippen molar-refractivity contribution in [1.82, 2.24) is 9.55 Å². The van der Waals surface area contributed by atoms with Gasteiger partial charge in [-0.1, -0.05) is 25.9 Å². The van der Waals surface area contributed by atoms with E-state index in [0.717, 1.165) is 4.57 Å². The summed E-state index contributed by atoms with van der Waals surface area (Å²) in [6.45, 7) is 4.52. The lowest BCUT2D eigenvalue weighted by atomic mass is 9.98. The lowest BCUT2D eigenvalue weighted by molar-refractivity contribution is -0.167. The SMILES string of the molecule is CC(C)[C@H](N)C(=O)OCC1(N=[N+]=[N-])O[C@@H](n2ccc(N)nc2=O)[C@H](C)[C@@H]1O. The first-order chi connectivity index (χ1) is 12.6. The number of aliphatic hydroxyl groups excluding tert-OH is 1. The van der Waals surface area contributed by atoms with Crippen LogP contribution in [0.5, 0.6) is 0 Å². The highest BCUT2D eigenvalue weighted by molar-refractivity contribution is 5.75. The largest absolute Gasteiger partial charge is 0.461 e. The monoisotopic (exact) mass is 381 g/mol. The van der Waals surface area contributed by atoms with Crippen LogP contribution in [-0.4, -0.2) is 45.1 Å². The van der Waals surface area contributed by atoms with Crippen molar-refractivity contribution in [2.45, 2.75) is 44.9 Å². The van der Waals surface area contributed by atoms with Crippen molar-refractivity contribution < 1.29 is 19.4 Å². The van der Waals surface area contributed by atoms with Crippen LogP contribution in [0.25, 0.3) is 10.4 Å². The lowest BCUT2D eigenvalue weighted by Gasteiger charge is -2.27. The second kappa shape index (κ2) is 7.92. The summed E-state index contributed by atoms with van der Waals surface area (Å²) in [6.07, 6.45) is -1.01. The van der Waals surface area contributed by atoms with E-state index < -0.39 is 48.3 Å². The first-order valence-electron chi connectivity index (χ1n) is 8.32. The van der Waals surface area contributed by atoms with Gasteiger partial charge in [0.2, 0.25) is 5.72 Å². The van der Waals surface area contributed by atoms with Crippen molar-refractivity contribution in [3.63, 3.8) is 0 Å². The second-order valence-corrected chi connectivity index (χ2v) is 6.77. The first-order valence-corrected chi connectivity index (χ1v) is 8.32. The molecule has 5 N–H and O–H groups in total. The zero-order valence-electron chi connectivity index (χ0n) is 15.2. The summed E-state index contributed by atoms with van der Waals surface area (Å²) in [7, 11) is 0. The Morgan fingerprint density at radius 3 is 2.85 bits per heavy atom. The Labute approximate surface area is 154 Å². The normalized spacial score (nSPS) is 28.6. The Bertz CT molecular complexity index is 806. The Kier molecular flexibility index (Phi) is 6.06. The number of carbonyl (C=O) groups is 1. The molecule has 0 aliphatic carbocycles. The molecule has 0 saturated carbocycles. The number of nitrogens with zero attached hydrogens (tertiary/aromatic N) is 5. The molecular formula is C15H23N7O5. The van der Waals surface area contributed by atoms with E-state index in [1.165, 1.54) is 12.3 Å². The fourth-order valence-electron chi connectivity index (χ4n) is 2.73. The summed E-state index contributed by atoms with van der Waals surface area (Å²) in [5, 5.41) is 14.1. The summed E-state index contributed by atoms with van der Waals surface area (Å²) in [6, 6.07) is 0.503. The molecule has 2 rings (SSSR count). The van der Waals surface area contributed by atoms with Gasteiger partial charge in [-0.15, -0.1) is 0 Å². The standard InChI is InChI=1S/C15H23N7O5/c1-7(2)10(17)13(24)26-6-15(20-21-18)11(23)8(3)12(27-15)22-5-4-9(16)19-14(22)25/h4-5,7-8,10-12,23H,6,17H2,1-3H3,(H2,16,19,25)/t8-,10+,11+,12-,15?/m1/s1. The van der Waals surface area contributed by atoms with Crippen molar-refractivity contribution in [3.8, 4) is 0 Å². The molecule has 2 heterocycles. The predicted octanol–water partition coefficient (Wildman–Crippen LogP) is -0.116. The molecule has 1 saturated heterocycles. The zero-order valence-corrected chi connectivity index (χ0v) is 15.2. The van der Waals surface area contributed by atoms with E-state index in [4.69, 9.17) is 26.5 Å². The molecule has 1 aromatic rings. The number of azide groups is 1. The van der Waals surface area contributed by atoms with Gasteiger partial charge >= 0.3 is 11.7 Å². The number of ether oxygens (including phenoxy) is 2. The average Bonchev–Trinajstić information content (AvgIpc) is 2.85.